The van der Waals surface area contributed by atoms with Crippen LogP contribution < -0.4 is 0 Å². The van der Waals surface area contributed by atoms with E-state index in [4.69, 9.17) is 0 Å². The first-order valence-corrected chi connectivity index (χ1v) is 8.46. The lowest BCUT2D eigenvalue weighted by Gasteiger charge is -2.16. The van der Waals surface area contributed by atoms with Gasteiger partial charge in [0.25, 0.3) is 0 Å². The van der Waals surface area contributed by atoms with Crippen LogP contribution in [0.15, 0.2) is 58.7 Å². The topological polar surface area (TPSA) is 0 Å². The Labute approximate surface area is 132 Å². The van der Waals surface area contributed by atoms with Gasteiger partial charge in [-0.25, -0.2) is 0 Å². The molecule has 0 heteroatoms. The van der Waals surface area contributed by atoms with Gasteiger partial charge in [0.15, 0.2) is 0 Å². The summed E-state index contributed by atoms with van der Waals surface area (Å²) < 4.78 is 0. The third kappa shape index (κ3) is 1.30. The fourth-order valence-corrected chi connectivity index (χ4v) is 5.32. The summed E-state index contributed by atoms with van der Waals surface area (Å²) in [4.78, 5) is 0. The van der Waals surface area contributed by atoms with E-state index in [1.807, 2.05) is 0 Å². The van der Waals surface area contributed by atoms with Gasteiger partial charge in [0, 0.05) is 23.7 Å². The van der Waals surface area contributed by atoms with Gasteiger partial charge in [0.05, 0.1) is 0 Å². The molecule has 4 aliphatic rings. The van der Waals surface area contributed by atoms with E-state index in [0.717, 1.165) is 0 Å². The summed E-state index contributed by atoms with van der Waals surface area (Å²) in [6, 6.07) is 5.08. The monoisotopic (exact) mass is 286 g/mol. The Morgan fingerprint density at radius 3 is 1.05 bits per heavy atom. The van der Waals surface area contributed by atoms with Gasteiger partial charge < -0.3 is 0 Å². The highest BCUT2D eigenvalue weighted by atomic mass is 14.5. The van der Waals surface area contributed by atoms with Gasteiger partial charge in [-0.15, -0.1) is 0 Å². The van der Waals surface area contributed by atoms with E-state index in [1.165, 1.54) is 11.1 Å². The van der Waals surface area contributed by atoms with Crippen LogP contribution in [-0.2, 0) is 0 Å². The SMILES string of the molecule is CC(C)=C1[C@H]2C=C[C@H]1c1cc3c(cc12)[C@H]1C=C[C@H]3C1=C(C)C. The maximum absolute atomic E-state index is 2.54. The van der Waals surface area contributed by atoms with Gasteiger partial charge >= 0.3 is 0 Å². The molecule has 22 heavy (non-hydrogen) atoms. The summed E-state index contributed by atoms with van der Waals surface area (Å²) in [6.45, 7) is 9.09. The number of fused-ring (bicyclic) bond motifs is 10. The van der Waals surface area contributed by atoms with Crippen molar-refractivity contribution in [3.63, 3.8) is 0 Å². The predicted octanol–water partition coefficient (Wildman–Crippen LogP) is 5.86. The largest absolute Gasteiger partial charge is 0.0760 e. The van der Waals surface area contributed by atoms with Crippen molar-refractivity contribution in [3.8, 4) is 0 Å². The van der Waals surface area contributed by atoms with Crippen LogP contribution in [0.4, 0.5) is 0 Å². The highest BCUT2D eigenvalue weighted by Gasteiger charge is 2.43. The molecule has 0 N–H and O–H groups in total. The van der Waals surface area contributed by atoms with Crippen LogP contribution in [0.3, 0.4) is 0 Å². The Bertz CT molecular complexity index is 711. The molecule has 110 valence electrons. The molecule has 0 saturated carbocycles. The minimum Gasteiger partial charge on any atom is -0.0760 e. The quantitative estimate of drug-likeness (QED) is 0.524. The number of hydrogen-bond acceptors (Lipinski definition) is 0. The van der Waals surface area contributed by atoms with Crippen molar-refractivity contribution in [2.75, 3.05) is 0 Å². The number of hydrogen-bond donors (Lipinski definition) is 0. The molecule has 1 aromatic rings. The van der Waals surface area contributed by atoms with Gasteiger partial charge in [0.2, 0.25) is 0 Å². The second-order valence-electron chi connectivity index (χ2n) is 7.70. The van der Waals surface area contributed by atoms with Crippen molar-refractivity contribution in [1.82, 2.24) is 0 Å². The average molecular weight is 286 g/mol. The second-order valence-corrected chi connectivity index (χ2v) is 7.70. The third-order valence-corrected chi connectivity index (χ3v) is 6.12. The average Bonchev–Trinajstić information content (AvgIpc) is 3.21. The highest BCUT2D eigenvalue weighted by Crippen LogP contribution is 2.59. The third-order valence-electron chi connectivity index (χ3n) is 6.12. The smallest absolute Gasteiger partial charge is 0.0243 e. The summed E-state index contributed by atoms with van der Waals surface area (Å²) >= 11 is 0. The first-order chi connectivity index (χ1) is 10.6. The summed E-state index contributed by atoms with van der Waals surface area (Å²) in [5.74, 6) is 2.20. The molecule has 5 rings (SSSR count). The molecular weight excluding hydrogens is 264 g/mol. The van der Waals surface area contributed by atoms with Crippen molar-refractivity contribution in [2.24, 2.45) is 0 Å². The van der Waals surface area contributed by atoms with E-state index < -0.39 is 0 Å². The van der Waals surface area contributed by atoms with Gasteiger partial charge in [-0.3, -0.25) is 0 Å². The molecule has 4 atom stereocenters. The lowest BCUT2D eigenvalue weighted by molar-refractivity contribution is 0.977. The number of benzene rings is 1. The standard InChI is InChI=1S/C22H22/c1-11(2)21-13-5-6-14(21)18-10-20-16-8-7-15(22(16)12(3)4)19(20)9-17(13)18/h5-10,13-16H,1-4H3/t13-,14-,15+,16+. The summed E-state index contributed by atoms with van der Waals surface area (Å²) in [5.41, 5.74) is 12.6. The normalized spacial score (nSPS) is 32.0. The van der Waals surface area contributed by atoms with Crippen LogP contribution in [0.1, 0.15) is 73.6 Å². The Kier molecular flexibility index (Phi) is 2.27. The van der Waals surface area contributed by atoms with Crippen molar-refractivity contribution < 1.29 is 0 Å². The second kappa shape index (κ2) is 3.93. The van der Waals surface area contributed by atoms with Crippen LogP contribution in [0, 0.1) is 0 Å². The molecule has 0 aliphatic heterocycles. The lowest BCUT2D eigenvalue weighted by atomic mass is 9.88. The zero-order valence-electron chi connectivity index (χ0n) is 13.8. The zero-order valence-corrected chi connectivity index (χ0v) is 13.8. The van der Waals surface area contributed by atoms with Crippen molar-refractivity contribution in [1.29, 1.82) is 0 Å². The maximum Gasteiger partial charge on any atom is 0.0243 e. The first kappa shape index (κ1) is 12.7. The number of allylic oxidation sites excluding steroid dienone is 8. The van der Waals surface area contributed by atoms with Gasteiger partial charge in [0.1, 0.15) is 0 Å². The van der Waals surface area contributed by atoms with Crippen LogP contribution in [0.2, 0.25) is 0 Å². The van der Waals surface area contributed by atoms with E-state index in [-0.39, 0.29) is 0 Å². The molecule has 0 unspecified atom stereocenters. The highest BCUT2D eigenvalue weighted by molar-refractivity contribution is 5.68. The van der Waals surface area contributed by atoms with Crippen LogP contribution >= 0.6 is 0 Å². The molecule has 0 amide bonds. The van der Waals surface area contributed by atoms with Gasteiger partial charge in [-0.1, -0.05) is 47.6 Å². The van der Waals surface area contributed by atoms with E-state index >= 15 is 0 Å². The Morgan fingerprint density at radius 1 is 0.545 bits per heavy atom. The Morgan fingerprint density at radius 2 is 0.818 bits per heavy atom. The first-order valence-electron chi connectivity index (χ1n) is 8.46. The van der Waals surface area contributed by atoms with E-state index in [9.17, 15) is 0 Å². The minimum absolute atomic E-state index is 0.550. The van der Waals surface area contributed by atoms with E-state index in [1.54, 1.807) is 33.4 Å². The Balaban J connectivity index is 1.73. The molecule has 0 nitrogen and oxygen atoms in total. The molecule has 0 saturated heterocycles. The molecule has 4 bridgehead atoms. The molecule has 0 aromatic heterocycles. The van der Waals surface area contributed by atoms with Gasteiger partial charge in [-0.05, 0) is 61.1 Å². The minimum atomic E-state index is 0.550. The molecule has 4 aliphatic carbocycles. The van der Waals surface area contributed by atoms with Crippen LogP contribution in [-0.4, -0.2) is 0 Å². The zero-order chi connectivity index (χ0) is 15.2. The molecule has 1 aromatic carbocycles. The predicted molar refractivity (Wildman–Crippen MR) is 92.4 cm³/mol. The molecule has 0 heterocycles. The van der Waals surface area contributed by atoms with Crippen molar-refractivity contribution >= 4 is 0 Å². The van der Waals surface area contributed by atoms with Crippen molar-refractivity contribution in [2.45, 2.75) is 51.4 Å². The maximum atomic E-state index is 2.54. The molecule has 0 spiro atoms. The molecule has 0 fully saturated rings. The molecule has 0 radical (unpaired) electrons. The molecular formula is C22H22. The van der Waals surface area contributed by atoms with Crippen LogP contribution in [0.5, 0.6) is 0 Å². The van der Waals surface area contributed by atoms with Gasteiger partial charge in [-0.2, -0.15) is 0 Å². The van der Waals surface area contributed by atoms with Crippen LogP contribution in [0.25, 0.3) is 0 Å². The van der Waals surface area contributed by atoms with E-state index in [2.05, 4.69) is 64.1 Å². The fourth-order valence-electron chi connectivity index (χ4n) is 5.32. The summed E-state index contributed by atoms with van der Waals surface area (Å²) in [5, 5.41) is 0. The summed E-state index contributed by atoms with van der Waals surface area (Å²) in [6.07, 6.45) is 9.69. The lowest BCUT2D eigenvalue weighted by Crippen LogP contribution is -2.00. The Hall–Kier alpha value is -1.82. The number of rotatable bonds is 0. The van der Waals surface area contributed by atoms with E-state index in [0.29, 0.717) is 23.7 Å². The fraction of sp³-hybridized carbons (Fsp3) is 0.364. The van der Waals surface area contributed by atoms with Crippen molar-refractivity contribution in [3.05, 3.63) is 81.0 Å². The summed E-state index contributed by atoms with van der Waals surface area (Å²) in [7, 11) is 0.